The topological polar surface area (TPSA) is 63.2 Å². The lowest BCUT2D eigenvalue weighted by atomic mass is 9.76. The Hall–Kier alpha value is -1.99. The minimum atomic E-state index is -0.157. The molecule has 7 heteroatoms. The number of anilines is 1. The number of aryl methyl sites for hydroxylation is 1. The van der Waals surface area contributed by atoms with Gasteiger partial charge in [0.05, 0.1) is 0 Å². The predicted octanol–water partition coefficient (Wildman–Crippen LogP) is 4.49. The minimum absolute atomic E-state index is 0.000835. The number of aromatic nitrogens is 2. The zero-order valence-electron chi connectivity index (χ0n) is 15.4. The smallest absolute Gasteiger partial charge is 0.234 e. The molecule has 0 N–H and O–H groups in total. The van der Waals surface area contributed by atoms with E-state index in [4.69, 9.17) is 0 Å². The number of thioether (sulfide) groups is 1. The van der Waals surface area contributed by atoms with Crippen LogP contribution in [0.5, 0.6) is 0 Å². The molecule has 0 saturated heterocycles. The van der Waals surface area contributed by atoms with Crippen LogP contribution in [0, 0.1) is 6.92 Å². The number of carbonyl (C=O) groups excluding carboxylic acids is 2. The first-order valence-electron chi connectivity index (χ1n) is 9.21. The summed E-state index contributed by atoms with van der Waals surface area (Å²) in [5.74, 6) is 0.912. The molecular formula is C20H21N3O2S2. The third-order valence-corrected chi connectivity index (χ3v) is 7.02. The van der Waals surface area contributed by atoms with Crippen molar-refractivity contribution in [2.75, 3.05) is 10.7 Å². The maximum atomic E-state index is 13.1. The summed E-state index contributed by atoms with van der Waals surface area (Å²) in [6.07, 6.45) is 2.35. The SMILES string of the molecule is CCSc1nnc(N2C(=O)C[C@H](c3ccccc3C)C3=C2CCCC3=O)s1. The Morgan fingerprint density at radius 1 is 1.22 bits per heavy atom. The second-order valence-electron chi connectivity index (χ2n) is 6.76. The lowest BCUT2D eigenvalue weighted by Crippen LogP contribution is -2.40. The van der Waals surface area contributed by atoms with Crippen molar-refractivity contribution in [2.24, 2.45) is 0 Å². The van der Waals surface area contributed by atoms with Gasteiger partial charge in [0.1, 0.15) is 0 Å². The van der Waals surface area contributed by atoms with Crippen LogP contribution in [-0.2, 0) is 9.59 Å². The van der Waals surface area contributed by atoms with Gasteiger partial charge in [0.15, 0.2) is 10.1 Å². The van der Waals surface area contributed by atoms with Crippen LogP contribution in [0.2, 0.25) is 0 Å². The fourth-order valence-electron chi connectivity index (χ4n) is 3.93. The van der Waals surface area contributed by atoms with Gasteiger partial charge in [-0.15, -0.1) is 10.2 Å². The van der Waals surface area contributed by atoms with E-state index in [9.17, 15) is 9.59 Å². The van der Waals surface area contributed by atoms with Crippen molar-refractivity contribution in [3.8, 4) is 0 Å². The second kappa shape index (κ2) is 7.56. The van der Waals surface area contributed by atoms with E-state index in [1.165, 1.54) is 11.3 Å². The summed E-state index contributed by atoms with van der Waals surface area (Å²) >= 11 is 3.04. The summed E-state index contributed by atoms with van der Waals surface area (Å²) in [5, 5.41) is 9.03. The van der Waals surface area contributed by atoms with Crippen LogP contribution < -0.4 is 4.90 Å². The molecule has 1 aromatic carbocycles. The molecule has 4 rings (SSSR count). The Bertz CT molecular complexity index is 935. The number of hydrogen-bond donors (Lipinski definition) is 0. The largest absolute Gasteiger partial charge is 0.294 e. The lowest BCUT2D eigenvalue weighted by Gasteiger charge is -2.37. The maximum Gasteiger partial charge on any atom is 0.234 e. The molecule has 1 aromatic heterocycles. The molecule has 140 valence electrons. The standard InChI is InChI=1S/C20H21N3O2S2/c1-3-26-20-22-21-19(27-20)23-15-9-6-10-16(24)18(15)14(11-17(23)25)13-8-5-4-7-12(13)2/h4-5,7-8,14H,3,6,9-11H2,1-2H3/t14-/m1/s1. The fourth-order valence-corrected chi connectivity index (χ4v) is 5.71. The number of rotatable bonds is 4. The first-order valence-corrected chi connectivity index (χ1v) is 11.0. The van der Waals surface area contributed by atoms with Crippen molar-refractivity contribution in [2.45, 2.75) is 49.8 Å². The van der Waals surface area contributed by atoms with Gasteiger partial charge in [0.25, 0.3) is 0 Å². The molecule has 27 heavy (non-hydrogen) atoms. The van der Waals surface area contributed by atoms with E-state index in [1.807, 2.05) is 31.2 Å². The zero-order valence-corrected chi connectivity index (χ0v) is 17.0. The van der Waals surface area contributed by atoms with Gasteiger partial charge in [-0.2, -0.15) is 0 Å². The van der Waals surface area contributed by atoms with Crippen LogP contribution in [0.3, 0.4) is 0 Å². The number of Topliss-reactive ketones (excluding diaryl/α,β-unsaturated/α-hetero) is 1. The van der Waals surface area contributed by atoms with Crippen LogP contribution in [-0.4, -0.2) is 27.6 Å². The molecule has 1 atom stereocenters. The third-order valence-electron chi connectivity index (χ3n) is 5.09. The summed E-state index contributed by atoms with van der Waals surface area (Å²) < 4.78 is 0.852. The highest BCUT2D eigenvalue weighted by Crippen LogP contribution is 2.44. The van der Waals surface area contributed by atoms with Crippen molar-refractivity contribution in [1.29, 1.82) is 0 Å². The molecule has 2 aliphatic rings. The Morgan fingerprint density at radius 3 is 2.81 bits per heavy atom. The van der Waals surface area contributed by atoms with Gasteiger partial charge < -0.3 is 0 Å². The lowest BCUT2D eigenvalue weighted by molar-refractivity contribution is -0.119. The van der Waals surface area contributed by atoms with E-state index in [2.05, 4.69) is 17.1 Å². The zero-order chi connectivity index (χ0) is 19.0. The van der Waals surface area contributed by atoms with Crippen LogP contribution in [0.25, 0.3) is 0 Å². The monoisotopic (exact) mass is 399 g/mol. The van der Waals surface area contributed by atoms with Gasteiger partial charge >= 0.3 is 0 Å². The Kier molecular flexibility index (Phi) is 5.14. The van der Waals surface area contributed by atoms with Crippen molar-refractivity contribution in [1.82, 2.24) is 10.2 Å². The van der Waals surface area contributed by atoms with E-state index >= 15 is 0 Å². The molecule has 0 spiro atoms. The number of benzene rings is 1. The molecule has 2 aromatic rings. The maximum absolute atomic E-state index is 13.1. The van der Waals surface area contributed by atoms with E-state index in [0.29, 0.717) is 18.0 Å². The number of carbonyl (C=O) groups is 2. The van der Waals surface area contributed by atoms with E-state index in [0.717, 1.165) is 45.3 Å². The Morgan fingerprint density at radius 2 is 2.04 bits per heavy atom. The average Bonchev–Trinajstić information content (AvgIpc) is 3.10. The van der Waals surface area contributed by atoms with Crippen LogP contribution in [0.1, 0.15) is 49.7 Å². The highest BCUT2D eigenvalue weighted by atomic mass is 32.2. The normalized spacial score (nSPS) is 20.2. The van der Waals surface area contributed by atoms with E-state index in [1.54, 1.807) is 16.7 Å². The Labute approximate surface area is 166 Å². The molecule has 0 fully saturated rings. The van der Waals surface area contributed by atoms with Crippen LogP contribution in [0.15, 0.2) is 39.9 Å². The van der Waals surface area contributed by atoms with Crippen LogP contribution in [0.4, 0.5) is 5.13 Å². The van der Waals surface area contributed by atoms with Gasteiger partial charge in [-0.1, -0.05) is 54.3 Å². The average molecular weight is 400 g/mol. The number of amides is 1. The highest BCUT2D eigenvalue weighted by molar-refractivity contribution is 8.01. The van der Waals surface area contributed by atoms with Crippen molar-refractivity contribution in [3.63, 3.8) is 0 Å². The first kappa shape index (κ1) is 18.4. The van der Waals surface area contributed by atoms with Crippen molar-refractivity contribution < 1.29 is 9.59 Å². The van der Waals surface area contributed by atoms with Gasteiger partial charge in [0.2, 0.25) is 11.0 Å². The quantitative estimate of drug-likeness (QED) is 0.560. The molecule has 1 amide bonds. The molecule has 5 nitrogen and oxygen atoms in total. The molecular weight excluding hydrogens is 378 g/mol. The molecule has 0 saturated carbocycles. The molecule has 1 aliphatic carbocycles. The summed E-state index contributed by atoms with van der Waals surface area (Å²) in [6.45, 7) is 4.10. The van der Waals surface area contributed by atoms with Crippen LogP contribution >= 0.6 is 23.1 Å². The van der Waals surface area contributed by atoms with Crippen molar-refractivity contribution in [3.05, 3.63) is 46.7 Å². The number of hydrogen-bond acceptors (Lipinski definition) is 6. The van der Waals surface area contributed by atoms with E-state index in [-0.39, 0.29) is 17.6 Å². The van der Waals surface area contributed by atoms with Gasteiger partial charge in [-0.3, -0.25) is 14.5 Å². The highest BCUT2D eigenvalue weighted by Gasteiger charge is 2.41. The molecule has 0 unspecified atom stereocenters. The predicted molar refractivity (Wildman–Crippen MR) is 108 cm³/mol. The second-order valence-corrected chi connectivity index (χ2v) is 9.23. The third kappa shape index (κ3) is 3.34. The molecule has 0 bridgehead atoms. The number of allylic oxidation sites excluding steroid dienone is 2. The van der Waals surface area contributed by atoms with Gasteiger partial charge in [-0.05, 0) is 36.6 Å². The summed E-state index contributed by atoms with van der Waals surface area (Å²) in [7, 11) is 0. The number of ketones is 1. The molecule has 0 radical (unpaired) electrons. The van der Waals surface area contributed by atoms with E-state index < -0.39 is 0 Å². The summed E-state index contributed by atoms with van der Waals surface area (Å²) in [4.78, 5) is 27.7. The van der Waals surface area contributed by atoms with Gasteiger partial charge in [0, 0.05) is 30.0 Å². The fraction of sp³-hybridized carbons (Fsp3) is 0.400. The molecule has 2 heterocycles. The number of nitrogens with zero attached hydrogens (tertiary/aromatic N) is 3. The first-order chi connectivity index (χ1) is 13.1. The van der Waals surface area contributed by atoms with Gasteiger partial charge in [-0.25, -0.2) is 0 Å². The minimum Gasteiger partial charge on any atom is -0.294 e. The molecule has 1 aliphatic heterocycles. The Balaban J connectivity index is 1.82. The van der Waals surface area contributed by atoms with Crippen molar-refractivity contribution >= 4 is 39.9 Å². The summed E-state index contributed by atoms with van der Waals surface area (Å²) in [5.41, 5.74) is 3.83. The summed E-state index contributed by atoms with van der Waals surface area (Å²) in [6, 6.07) is 8.04.